The lowest BCUT2D eigenvalue weighted by molar-refractivity contribution is 0.289. The van der Waals surface area contributed by atoms with Gasteiger partial charge in [-0.3, -0.25) is 0 Å². The van der Waals surface area contributed by atoms with Crippen molar-refractivity contribution < 1.29 is 4.74 Å². The van der Waals surface area contributed by atoms with Gasteiger partial charge in [0, 0.05) is 11.6 Å². The summed E-state index contributed by atoms with van der Waals surface area (Å²) in [7, 11) is 1.99. The van der Waals surface area contributed by atoms with Gasteiger partial charge in [0.05, 0.1) is 6.61 Å². The Morgan fingerprint density at radius 3 is 2.85 bits per heavy atom. The molecule has 1 aliphatic rings. The summed E-state index contributed by atoms with van der Waals surface area (Å²) < 4.78 is 5.92. The third-order valence-electron chi connectivity index (χ3n) is 4.06. The van der Waals surface area contributed by atoms with E-state index in [-0.39, 0.29) is 0 Å². The summed E-state index contributed by atoms with van der Waals surface area (Å²) in [4.78, 5) is 0. The molecule has 0 radical (unpaired) electrons. The van der Waals surface area contributed by atoms with Crippen LogP contribution in [0, 0.1) is 0 Å². The Balaban J connectivity index is 2.05. The molecule has 0 aliphatic carbocycles. The second-order valence-electron chi connectivity index (χ2n) is 5.38. The molecule has 1 unspecified atom stereocenters. The van der Waals surface area contributed by atoms with Gasteiger partial charge < -0.3 is 10.1 Å². The van der Waals surface area contributed by atoms with Crippen molar-refractivity contribution in [3.8, 4) is 16.9 Å². The Bertz CT molecular complexity index is 606. The fraction of sp³-hybridized carbons (Fsp3) is 0.333. The highest BCUT2D eigenvalue weighted by molar-refractivity contribution is 5.73. The smallest absolute Gasteiger partial charge is 0.130 e. The highest BCUT2D eigenvalue weighted by atomic mass is 16.5. The Morgan fingerprint density at radius 2 is 2.00 bits per heavy atom. The van der Waals surface area contributed by atoms with E-state index in [4.69, 9.17) is 4.74 Å². The molecule has 0 aromatic heterocycles. The lowest BCUT2D eigenvalue weighted by Crippen LogP contribution is -2.12. The van der Waals surface area contributed by atoms with E-state index in [0.29, 0.717) is 6.04 Å². The summed E-state index contributed by atoms with van der Waals surface area (Å²) in [5.74, 6) is 1.08. The van der Waals surface area contributed by atoms with Crippen molar-refractivity contribution in [3.05, 3.63) is 53.6 Å². The number of ether oxygens (including phenoxy) is 1. The number of hydrogen-bond acceptors (Lipinski definition) is 2. The molecule has 0 spiro atoms. The van der Waals surface area contributed by atoms with Crippen LogP contribution in [0.2, 0.25) is 0 Å². The van der Waals surface area contributed by atoms with Crippen LogP contribution in [0.25, 0.3) is 11.1 Å². The molecule has 0 saturated carbocycles. The topological polar surface area (TPSA) is 21.3 Å². The van der Waals surface area contributed by atoms with E-state index in [1.807, 2.05) is 7.05 Å². The Morgan fingerprint density at radius 1 is 1.15 bits per heavy atom. The molecule has 2 aromatic carbocycles. The second kappa shape index (κ2) is 5.68. The summed E-state index contributed by atoms with van der Waals surface area (Å²) in [6.45, 7) is 3.01. The number of nitrogens with one attached hydrogen (secondary N) is 1. The summed E-state index contributed by atoms with van der Waals surface area (Å²) in [6, 6.07) is 15.5. The van der Waals surface area contributed by atoms with E-state index in [1.165, 1.54) is 22.3 Å². The average molecular weight is 267 g/mol. The van der Waals surface area contributed by atoms with Crippen LogP contribution in [0.4, 0.5) is 0 Å². The monoisotopic (exact) mass is 267 g/mol. The molecule has 2 heteroatoms. The molecule has 2 aromatic rings. The van der Waals surface area contributed by atoms with Crippen molar-refractivity contribution in [2.45, 2.75) is 25.8 Å². The number of para-hydroxylation sites is 1. The number of aryl methyl sites for hydroxylation is 1. The lowest BCUT2D eigenvalue weighted by atomic mass is 9.95. The highest BCUT2D eigenvalue weighted by Gasteiger charge is 2.15. The van der Waals surface area contributed by atoms with Gasteiger partial charge in [-0.15, -0.1) is 0 Å². The van der Waals surface area contributed by atoms with Crippen molar-refractivity contribution in [3.63, 3.8) is 0 Å². The van der Waals surface area contributed by atoms with Gasteiger partial charge >= 0.3 is 0 Å². The Kier molecular flexibility index (Phi) is 3.75. The summed E-state index contributed by atoms with van der Waals surface area (Å²) in [5, 5.41) is 3.29. The van der Waals surface area contributed by atoms with Crippen LogP contribution >= 0.6 is 0 Å². The molecule has 20 heavy (non-hydrogen) atoms. The van der Waals surface area contributed by atoms with Gasteiger partial charge in [-0.1, -0.05) is 36.4 Å². The average Bonchev–Trinajstić information content (AvgIpc) is 2.53. The molecule has 104 valence electrons. The lowest BCUT2D eigenvalue weighted by Gasteiger charge is -2.21. The van der Waals surface area contributed by atoms with Crippen molar-refractivity contribution in [2.24, 2.45) is 0 Å². The van der Waals surface area contributed by atoms with Gasteiger partial charge in [0.2, 0.25) is 0 Å². The minimum atomic E-state index is 0.357. The number of benzene rings is 2. The van der Waals surface area contributed by atoms with Crippen LogP contribution in [0.5, 0.6) is 5.75 Å². The molecule has 2 nitrogen and oxygen atoms in total. The molecule has 1 heterocycles. The molecule has 1 aliphatic heterocycles. The molecule has 0 amide bonds. The molecular formula is C18H21NO. The summed E-state index contributed by atoms with van der Waals surface area (Å²) >= 11 is 0. The second-order valence-corrected chi connectivity index (χ2v) is 5.38. The van der Waals surface area contributed by atoms with E-state index in [2.05, 4.69) is 54.7 Å². The summed E-state index contributed by atoms with van der Waals surface area (Å²) in [6.07, 6.45) is 2.24. The third kappa shape index (κ3) is 2.44. The maximum atomic E-state index is 5.92. The van der Waals surface area contributed by atoms with Crippen molar-refractivity contribution in [1.29, 1.82) is 0 Å². The minimum Gasteiger partial charge on any atom is -0.493 e. The Labute approximate surface area is 120 Å². The van der Waals surface area contributed by atoms with Crippen LogP contribution in [0.3, 0.4) is 0 Å². The fourth-order valence-electron chi connectivity index (χ4n) is 2.76. The Hall–Kier alpha value is -1.80. The zero-order valence-corrected chi connectivity index (χ0v) is 12.1. The van der Waals surface area contributed by atoms with Crippen LogP contribution in [-0.2, 0) is 6.42 Å². The number of rotatable bonds is 3. The highest BCUT2D eigenvalue weighted by Crippen LogP contribution is 2.36. The van der Waals surface area contributed by atoms with Crippen LogP contribution in [0.15, 0.2) is 42.5 Å². The zero-order chi connectivity index (χ0) is 13.9. The van der Waals surface area contributed by atoms with Gasteiger partial charge in [0.15, 0.2) is 0 Å². The van der Waals surface area contributed by atoms with Gasteiger partial charge in [-0.2, -0.15) is 0 Å². The van der Waals surface area contributed by atoms with Crippen LogP contribution < -0.4 is 10.1 Å². The van der Waals surface area contributed by atoms with E-state index in [0.717, 1.165) is 25.2 Å². The normalized spacial score (nSPS) is 15.3. The van der Waals surface area contributed by atoms with Crippen LogP contribution in [0.1, 0.15) is 30.5 Å². The van der Waals surface area contributed by atoms with Gasteiger partial charge in [-0.05, 0) is 49.6 Å². The third-order valence-corrected chi connectivity index (χ3v) is 4.06. The van der Waals surface area contributed by atoms with Gasteiger partial charge in [-0.25, -0.2) is 0 Å². The van der Waals surface area contributed by atoms with Gasteiger partial charge in [0.1, 0.15) is 5.75 Å². The van der Waals surface area contributed by atoms with Crippen molar-refractivity contribution in [2.75, 3.05) is 13.7 Å². The molecule has 0 fully saturated rings. The minimum absolute atomic E-state index is 0.357. The first-order valence-corrected chi connectivity index (χ1v) is 7.32. The van der Waals surface area contributed by atoms with Gasteiger partial charge in [0.25, 0.3) is 0 Å². The molecular weight excluding hydrogens is 246 g/mol. The standard InChI is InChI=1S/C18H21NO/c1-13(19-2)15-7-3-8-16(12-15)17-10-4-6-14-9-5-11-20-18(14)17/h3-4,6-8,10,12-13,19H,5,9,11H2,1-2H3. The maximum Gasteiger partial charge on any atom is 0.130 e. The predicted molar refractivity (Wildman–Crippen MR) is 83.2 cm³/mol. The van der Waals surface area contributed by atoms with E-state index < -0.39 is 0 Å². The first-order chi connectivity index (χ1) is 9.79. The predicted octanol–water partition coefficient (Wildman–Crippen LogP) is 3.96. The van der Waals surface area contributed by atoms with Crippen molar-refractivity contribution >= 4 is 0 Å². The first kappa shape index (κ1) is 13.2. The van der Waals surface area contributed by atoms with Crippen LogP contribution in [-0.4, -0.2) is 13.7 Å². The molecule has 1 atom stereocenters. The molecule has 0 bridgehead atoms. The number of fused-ring (bicyclic) bond motifs is 1. The SMILES string of the molecule is CNC(C)c1cccc(-c2cccc3c2OCCC3)c1. The first-order valence-electron chi connectivity index (χ1n) is 7.32. The van der Waals surface area contributed by atoms with E-state index in [9.17, 15) is 0 Å². The summed E-state index contributed by atoms with van der Waals surface area (Å²) in [5.41, 5.74) is 5.09. The van der Waals surface area contributed by atoms with E-state index >= 15 is 0 Å². The quantitative estimate of drug-likeness (QED) is 0.909. The largest absolute Gasteiger partial charge is 0.493 e. The fourth-order valence-corrected chi connectivity index (χ4v) is 2.76. The molecule has 1 N–H and O–H groups in total. The van der Waals surface area contributed by atoms with E-state index in [1.54, 1.807) is 0 Å². The molecule has 3 rings (SSSR count). The zero-order valence-electron chi connectivity index (χ0n) is 12.1. The molecule has 0 saturated heterocycles. The number of hydrogen-bond donors (Lipinski definition) is 1. The van der Waals surface area contributed by atoms with Crippen molar-refractivity contribution in [1.82, 2.24) is 5.32 Å². The maximum absolute atomic E-state index is 5.92.